The van der Waals surface area contributed by atoms with Crippen molar-refractivity contribution in [3.63, 3.8) is 0 Å². The molecule has 12 heteroatoms. The van der Waals surface area contributed by atoms with Crippen LogP contribution in [-0.4, -0.2) is 46.5 Å². The summed E-state index contributed by atoms with van der Waals surface area (Å²) in [6.45, 7) is 1.73. The average Bonchev–Trinajstić information content (AvgIpc) is 3.31. The van der Waals surface area contributed by atoms with Crippen molar-refractivity contribution in [2.24, 2.45) is 0 Å². The zero-order valence-corrected chi connectivity index (χ0v) is 19.5. The summed E-state index contributed by atoms with van der Waals surface area (Å²) in [5, 5.41) is 7.32. The third-order valence-corrected chi connectivity index (χ3v) is 5.47. The number of methoxy groups -OCH3 is 2. The summed E-state index contributed by atoms with van der Waals surface area (Å²) < 4.78 is 51.4. The van der Waals surface area contributed by atoms with Gasteiger partial charge in [0.25, 0.3) is 0 Å². The molecular formula is C23H25F2N5O5. The van der Waals surface area contributed by atoms with Gasteiger partial charge in [0.15, 0.2) is 29.2 Å². The quantitative estimate of drug-likeness (QED) is 0.468. The van der Waals surface area contributed by atoms with Gasteiger partial charge in [0.2, 0.25) is 5.95 Å². The summed E-state index contributed by atoms with van der Waals surface area (Å²) in [5.74, 6) is -1.34. The number of hydrogen-bond donors (Lipinski definition) is 1. The van der Waals surface area contributed by atoms with Crippen LogP contribution in [-0.2, 0) is 16.1 Å². The van der Waals surface area contributed by atoms with Crippen LogP contribution in [0.25, 0.3) is 0 Å². The molecule has 10 nitrogen and oxygen atoms in total. The summed E-state index contributed by atoms with van der Waals surface area (Å²) in [4.78, 5) is 20.4. The Bertz CT molecular complexity index is 1200. The van der Waals surface area contributed by atoms with Gasteiger partial charge in [-0.3, -0.25) is 0 Å². The van der Waals surface area contributed by atoms with E-state index in [9.17, 15) is 13.6 Å². The summed E-state index contributed by atoms with van der Waals surface area (Å²) in [5.41, 5.74) is 0.0973. The van der Waals surface area contributed by atoms with Crippen molar-refractivity contribution in [2.75, 3.05) is 26.1 Å². The minimum atomic E-state index is -0.825. The minimum Gasteiger partial charge on any atom is -0.494 e. The second kappa shape index (κ2) is 10.6. The Labute approximate surface area is 200 Å². The van der Waals surface area contributed by atoms with E-state index in [2.05, 4.69) is 20.4 Å². The van der Waals surface area contributed by atoms with Crippen LogP contribution in [0.5, 0.6) is 11.5 Å². The first-order valence-corrected chi connectivity index (χ1v) is 10.9. The standard InChI is InChI=1S/C23H25F2N5O5/c1-13-8-17(32-2)21(25)15(20(13)24)12-35-14-10-26-23(27-11-14)28-18-9-16(22(31)33-3)29-30(18)19-6-4-5-7-34-19/h8-11,19H,4-7,12H2,1-3H3,(H,26,27,28). The molecule has 4 rings (SSSR count). The molecule has 1 aliphatic heterocycles. The van der Waals surface area contributed by atoms with Crippen LogP contribution < -0.4 is 14.8 Å². The highest BCUT2D eigenvalue weighted by Crippen LogP contribution is 2.29. The molecule has 186 valence electrons. The van der Waals surface area contributed by atoms with Gasteiger partial charge in [-0.15, -0.1) is 0 Å². The maximum absolute atomic E-state index is 14.5. The van der Waals surface area contributed by atoms with Gasteiger partial charge in [0.1, 0.15) is 18.2 Å². The fraction of sp³-hybridized carbons (Fsp3) is 0.391. The van der Waals surface area contributed by atoms with Gasteiger partial charge in [-0.05, 0) is 37.8 Å². The third kappa shape index (κ3) is 5.32. The van der Waals surface area contributed by atoms with Gasteiger partial charge >= 0.3 is 5.97 Å². The predicted molar refractivity (Wildman–Crippen MR) is 120 cm³/mol. The number of benzene rings is 1. The van der Waals surface area contributed by atoms with E-state index < -0.39 is 17.6 Å². The number of esters is 1. The molecule has 0 aliphatic carbocycles. The molecule has 1 fully saturated rings. The Kier molecular flexibility index (Phi) is 7.39. The first-order valence-electron chi connectivity index (χ1n) is 10.9. The molecule has 1 atom stereocenters. The van der Waals surface area contributed by atoms with Gasteiger partial charge < -0.3 is 24.3 Å². The van der Waals surface area contributed by atoms with Gasteiger partial charge in [0.05, 0.1) is 32.2 Å². The van der Waals surface area contributed by atoms with Crippen LogP contribution >= 0.6 is 0 Å². The van der Waals surface area contributed by atoms with Gasteiger partial charge in [-0.1, -0.05) is 0 Å². The molecule has 35 heavy (non-hydrogen) atoms. The number of aromatic nitrogens is 4. The number of aryl methyl sites for hydroxylation is 1. The zero-order valence-electron chi connectivity index (χ0n) is 19.5. The molecule has 1 aromatic carbocycles. The number of nitrogens with zero attached hydrogens (tertiary/aromatic N) is 4. The molecule has 1 unspecified atom stereocenters. The molecular weight excluding hydrogens is 464 g/mol. The Hall–Kier alpha value is -3.80. The number of carbonyl (C=O) groups excluding carboxylic acids is 1. The number of carbonyl (C=O) groups is 1. The van der Waals surface area contributed by atoms with E-state index in [4.69, 9.17) is 18.9 Å². The van der Waals surface area contributed by atoms with Crippen LogP contribution in [0.4, 0.5) is 20.5 Å². The molecule has 2 aromatic heterocycles. The number of nitrogens with one attached hydrogen (secondary N) is 1. The Morgan fingerprint density at radius 3 is 2.63 bits per heavy atom. The Morgan fingerprint density at radius 1 is 1.20 bits per heavy atom. The van der Waals surface area contributed by atoms with Crippen LogP contribution in [0, 0.1) is 18.6 Å². The highest BCUT2D eigenvalue weighted by molar-refractivity contribution is 5.88. The van der Waals surface area contributed by atoms with Crippen molar-refractivity contribution in [3.05, 3.63) is 53.0 Å². The topological polar surface area (TPSA) is 110 Å². The van der Waals surface area contributed by atoms with Crippen molar-refractivity contribution in [1.29, 1.82) is 0 Å². The molecule has 0 saturated carbocycles. The fourth-order valence-corrected chi connectivity index (χ4v) is 3.64. The zero-order chi connectivity index (χ0) is 24.9. The first kappa shape index (κ1) is 24.3. The molecule has 0 amide bonds. The second-order valence-electron chi connectivity index (χ2n) is 7.83. The van der Waals surface area contributed by atoms with Crippen LogP contribution in [0.3, 0.4) is 0 Å². The number of ether oxygens (including phenoxy) is 4. The highest BCUT2D eigenvalue weighted by Gasteiger charge is 2.24. The number of anilines is 2. The van der Waals surface area contributed by atoms with E-state index in [0.29, 0.717) is 12.4 Å². The van der Waals surface area contributed by atoms with Crippen LogP contribution in [0.1, 0.15) is 47.1 Å². The third-order valence-electron chi connectivity index (χ3n) is 5.47. The lowest BCUT2D eigenvalue weighted by Crippen LogP contribution is -2.21. The van der Waals surface area contributed by atoms with E-state index in [-0.39, 0.29) is 47.1 Å². The summed E-state index contributed by atoms with van der Waals surface area (Å²) >= 11 is 0. The lowest BCUT2D eigenvalue weighted by Gasteiger charge is -2.24. The molecule has 0 bridgehead atoms. The van der Waals surface area contributed by atoms with Crippen molar-refractivity contribution in [3.8, 4) is 11.5 Å². The lowest BCUT2D eigenvalue weighted by atomic mass is 10.1. The molecule has 3 aromatic rings. The second-order valence-corrected chi connectivity index (χ2v) is 7.83. The summed E-state index contributed by atoms with van der Waals surface area (Å²) in [7, 11) is 2.58. The van der Waals surface area contributed by atoms with Gasteiger partial charge in [-0.2, -0.15) is 5.10 Å². The van der Waals surface area contributed by atoms with Crippen molar-refractivity contribution >= 4 is 17.7 Å². The normalized spacial score (nSPS) is 15.5. The molecule has 3 heterocycles. The number of hydrogen-bond acceptors (Lipinski definition) is 9. The molecule has 0 radical (unpaired) electrons. The van der Waals surface area contributed by atoms with E-state index in [0.717, 1.165) is 19.3 Å². The van der Waals surface area contributed by atoms with E-state index >= 15 is 0 Å². The minimum absolute atomic E-state index is 0.0665. The Balaban J connectivity index is 1.49. The van der Waals surface area contributed by atoms with E-state index in [1.54, 1.807) is 4.68 Å². The fourth-order valence-electron chi connectivity index (χ4n) is 3.64. The van der Waals surface area contributed by atoms with Gasteiger partial charge in [-0.25, -0.2) is 28.2 Å². The van der Waals surface area contributed by atoms with E-state index in [1.165, 1.54) is 45.7 Å². The van der Waals surface area contributed by atoms with Gasteiger partial charge in [0, 0.05) is 12.7 Å². The van der Waals surface area contributed by atoms with E-state index in [1.807, 2.05) is 0 Å². The van der Waals surface area contributed by atoms with Crippen molar-refractivity contribution in [2.45, 2.75) is 39.0 Å². The average molecular weight is 489 g/mol. The summed E-state index contributed by atoms with van der Waals surface area (Å²) in [6.07, 6.45) is 5.03. The lowest BCUT2D eigenvalue weighted by molar-refractivity contribution is -0.0382. The molecule has 0 spiro atoms. The molecule has 1 N–H and O–H groups in total. The monoisotopic (exact) mass is 489 g/mol. The van der Waals surface area contributed by atoms with Crippen LogP contribution in [0.15, 0.2) is 24.5 Å². The SMILES string of the molecule is COC(=O)c1cc(Nc2ncc(OCc3c(F)c(C)cc(OC)c3F)cn2)n(C2CCCCO2)n1. The molecule has 1 saturated heterocycles. The maximum atomic E-state index is 14.5. The number of rotatable bonds is 8. The van der Waals surface area contributed by atoms with Crippen LogP contribution in [0.2, 0.25) is 0 Å². The molecule has 1 aliphatic rings. The smallest absolute Gasteiger partial charge is 0.358 e. The Morgan fingerprint density at radius 2 is 1.97 bits per heavy atom. The number of halogens is 2. The van der Waals surface area contributed by atoms with Crippen molar-refractivity contribution in [1.82, 2.24) is 19.7 Å². The summed E-state index contributed by atoms with van der Waals surface area (Å²) in [6, 6.07) is 2.81. The highest BCUT2D eigenvalue weighted by atomic mass is 19.1. The maximum Gasteiger partial charge on any atom is 0.358 e. The largest absolute Gasteiger partial charge is 0.494 e. The van der Waals surface area contributed by atoms with Crippen molar-refractivity contribution < 1.29 is 32.5 Å². The predicted octanol–water partition coefficient (Wildman–Crippen LogP) is 4.08. The first-order chi connectivity index (χ1) is 16.9.